The van der Waals surface area contributed by atoms with E-state index in [1.54, 1.807) is 29.1 Å². The van der Waals surface area contributed by atoms with Gasteiger partial charge in [0.25, 0.3) is 0 Å². The molecule has 1 aromatic carbocycles. The van der Waals surface area contributed by atoms with Crippen molar-refractivity contribution in [3.05, 3.63) is 48.3 Å². The predicted molar refractivity (Wildman–Crippen MR) is 97.8 cm³/mol. The van der Waals surface area contributed by atoms with Crippen LogP contribution in [0, 0.1) is 28.0 Å². The Morgan fingerprint density at radius 1 is 1.37 bits per heavy atom. The van der Waals surface area contributed by atoms with Gasteiger partial charge in [-0.25, -0.2) is 17.8 Å². The van der Waals surface area contributed by atoms with Crippen molar-refractivity contribution >= 4 is 10.0 Å². The van der Waals surface area contributed by atoms with Crippen LogP contribution in [0.25, 0.3) is 5.69 Å². The second kappa shape index (κ2) is 5.88. The van der Waals surface area contributed by atoms with Crippen LogP contribution in [0.15, 0.2) is 36.7 Å². The molecule has 4 rings (SSSR count). The monoisotopic (exact) mass is 388 g/mol. The molecule has 1 aromatic heterocycles. The second-order valence-corrected chi connectivity index (χ2v) is 10.1. The highest BCUT2D eigenvalue weighted by molar-refractivity contribution is 7.89. The number of nitriles is 1. The number of hydrogen-bond donors (Lipinski definition) is 0. The summed E-state index contributed by atoms with van der Waals surface area (Å²) < 4.78 is 42.8. The zero-order valence-electron chi connectivity index (χ0n) is 15.3. The summed E-state index contributed by atoms with van der Waals surface area (Å²) in [5.74, 6) is 0.0421. The van der Waals surface area contributed by atoms with Crippen LogP contribution in [0.5, 0.6) is 0 Å². The lowest BCUT2D eigenvalue weighted by molar-refractivity contribution is 0.0126. The van der Waals surface area contributed by atoms with E-state index in [0.717, 1.165) is 0 Å². The van der Waals surface area contributed by atoms with E-state index in [1.807, 2.05) is 13.8 Å². The molecule has 2 aromatic rings. The smallest absolute Gasteiger partial charge is 0.216 e. The molecule has 8 heteroatoms. The molecule has 1 atom stereocenters. The summed E-state index contributed by atoms with van der Waals surface area (Å²) in [5, 5.41) is 9.28. The summed E-state index contributed by atoms with van der Waals surface area (Å²) in [6.07, 6.45) is 4.56. The van der Waals surface area contributed by atoms with Crippen molar-refractivity contribution in [1.82, 2.24) is 13.9 Å². The van der Waals surface area contributed by atoms with Crippen LogP contribution in [-0.4, -0.2) is 34.6 Å². The van der Waals surface area contributed by atoms with E-state index in [-0.39, 0.29) is 17.0 Å². The highest BCUT2D eigenvalue weighted by Gasteiger charge is 2.57. The van der Waals surface area contributed by atoms with Crippen molar-refractivity contribution in [3.8, 4) is 11.8 Å². The first kappa shape index (κ1) is 18.1. The topological polar surface area (TPSA) is 79.0 Å². The second-order valence-electron chi connectivity index (χ2n) is 8.22. The molecule has 1 aliphatic heterocycles. The number of hydrogen-bond acceptors (Lipinski definition) is 4. The fourth-order valence-electron chi connectivity index (χ4n) is 3.83. The number of benzene rings is 1. The molecule has 27 heavy (non-hydrogen) atoms. The molecule has 142 valence electrons. The maximum Gasteiger partial charge on any atom is 0.216 e. The summed E-state index contributed by atoms with van der Waals surface area (Å²) in [5.41, 5.74) is -0.452. The zero-order chi connectivity index (χ0) is 19.4. The average Bonchev–Trinajstić information content (AvgIpc) is 3.19. The zero-order valence-corrected chi connectivity index (χ0v) is 16.1. The van der Waals surface area contributed by atoms with Gasteiger partial charge < -0.3 is 4.57 Å². The van der Waals surface area contributed by atoms with Crippen LogP contribution in [0.4, 0.5) is 4.39 Å². The minimum absolute atomic E-state index is 0.149. The van der Waals surface area contributed by atoms with Gasteiger partial charge in [-0.1, -0.05) is 19.9 Å². The molecule has 0 radical (unpaired) electrons. The van der Waals surface area contributed by atoms with Gasteiger partial charge in [0.05, 0.1) is 23.3 Å². The third kappa shape index (κ3) is 3.05. The van der Waals surface area contributed by atoms with E-state index in [1.165, 1.54) is 16.4 Å². The summed E-state index contributed by atoms with van der Waals surface area (Å²) in [4.78, 5) is 4.41. The lowest BCUT2D eigenvalue weighted by Gasteiger charge is -2.52. The molecule has 0 N–H and O–H groups in total. The van der Waals surface area contributed by atoms with Gasteiger partial charge in [-0.15, -0.1) is 0 Å². The Hall–Kier alpha value is -2.24. The maximum atomic E-state index is 13.7. The molecule has 1 saturated carbocycles. The molecular weight excluding hydrogens is 367 g/mol. The number of rotatable bonds is 5. The quantitative estimate of drug-likeness (QED) is 0.789. The molecule has 0 bridgehead atoms. The number of halogens is 1. The average molecular weight is 388 g/mol. The van der Waals surface area contributed by atoms with Crippen molar-refractivity contribution < 1.29 is 12.8 Å². The first-order valence-corrected chi connectivity index (χ1v) is 10.5. The normalized spacial score (nSPS) is 23.4. The van der Waals surface area contributed by atoms with Crippen LogP contribution < -0.4 is 0 Å². The molecular formula is C19H21FN4O2S. The van der Waals surface area contributed by atoms with Crippen molar-refractivity contribution in [3.63, 3.8) is 0 Å². The van der Waals surface area contributed by atoms with Crippen LogP contribution in [0.1, 0.15) is 38.6 Å². The first-order chi connectivity index (χ1) is 12.7. The Bertz CT molecular complexity index is 1030. The fourth-order valence-corrected chi connectivity index (χ4v) is 6.27. The molecule has 1 unspecified atom stereocenters. The minimum Gasteiger partial charge on any atom is -0.302 e. The summed E-state index contributed by atoms with van der Waals surface area (Å²) in [6, 6.07) is 7.82. The van der Waals surface area contributed by atoms with E-state index in [2.05, 4.69) is 11.1 Å². The van der Waals surface area contributed by atoms with Crippen molar-refractivity contribution in [2.24, 2.45) is 10.8 Å². The predicted octanol–water partition coefficient (Wildman–Crippen LogP) is 3.03. The maximum absolute atomic E-state index is 13.7. The molecule has 0 spiro atoms. The standard InChI is InChI=1S/C19H21FN4O2S/c1-18(2)12-24(27(25,26)13-19(11-21)6-7-19)16(18)17-22-8-9-23(17)15-5-3-4-14(20)10-15/h3-5,8-10,16H,6-7,12-13H2,1-2H3. The van der Waals surface area contributed by atoms with Gasteiger partial charge in [0.2, 0.25) is 10.0 Å². The van der Waals surface area contributed by atoms with Gasteiger partial charge in [0.15, 0.2) is 0 Å². The van der Waals surface area contributed by atoms with E-state index >= 15 is 0 Å². The number of nitrogens with zero attached hydrogens (tertiary/aromatic N) is 4. The summed E-state index contributed by atoms with van der Waals surface area (Å²) in [6.45, 7) is 4.36. The molecule has 2 fully saturated rings. The van der Waals surface area contributed by atoms with Gasteiger partial charge in [-0.3, -0.25) is 0 Å². The molecule has 1 saturated heterocycles. The summed E-state index contributed by atoms with van der Waals surface area (Å²) in [7, 11) is -3.60. The number of imidazole rings is 1. The Labute approximate surface area is 158 Å². The fraction of sp³-hybridized carbons (Fsp3) is 0.474. The van der Waals surface area contributed by atoms with Crippen molar-refractivity contribution in [2.45, 2.75) is 32.7 Å². The van der Waals surface area contributed by atoms with E-state index < -0.39 is 21.5 Å². The Morgan fingerprint density at radius 3 is 2.70 bits per heavy atom. The Kier molecular flexibility index (Phi) is 3.95. The molecule has 1 aliphatic carbocycles. The largest absolute Gasteiger partial charge is 0.302 e. The van der Waals surface area contributed by atoms with E-state index in [0.29, 0.717) is 30.9 Å². The SMILES string of the molecule is CC1(C)CN(S(=O)(=O)CC2(C#N)CC2)C1c1nccn1-c1cccc(F)c1. The van der Waals surface area contributed by atoms with Crippen molar-refractivity contribution in [1.29, 1.82) is 5.26 Å². The van der Waals surface area contributed by atoms with Crippen LogP contribution in [0.2, 0.25) is 0 Å². The molecule has 0 amide bonds. The number of sulfonamides is 1. The highest BCUT2D eigenvalue weighted by atomic mass is 32.2. The molecule has 6 nitrogen and oxygen atoms in total. The van der Waals surface area contributed by atoms with Gasteiger partial charge >= 0.3 is 0 Å². The third-order valence-corrected chi connectivity index (χ3v) is 7.47. The third-order valence-electron chi connectivity index (χ3n) is 5.50. The van der Waals surface area contributed by atoms with E-state index in [4.69, 9.17) is 0 Å². The Morgan fingerprint density at radius 2 is 2.11 bits per heavy atom. The van der Waals surface area contributed by atoms with Gasteiger partial charge in [0.1, 0.15) is 11.6 Å². The van der Waals surface area contributed by atoms with Crippen LogP contribution in [0.3, 0.4) is 0 Å². The molecule has 2 aliphatic rings. The highest BCUT2D eigenvalue weighted by Crippen LogP contribution is 2.53. The van der Waals surface area contributed by atoms with Crippen LogP contribution >= 0.6 is 0 Å². The van der Waals surface area contributed by atoms with Gasteiger partial charge in [-0.05, 0) is 31.0 Å². The first-order valence-electron chi connectivity index (χ1n) is 8.88. The van der Waals surface area contributed by atoms with Gasteiger partial charge in [0, 0.05) is 30.0 Å². The van der Waals surface area contributed by atoms with E-state index in [9.17, 15) is 18.1 Å². The van der Waals surface area contributed by atoms with Gasteiger partial charge in [-0.2, -0.15) is 9.57 Å². The minimum atomic E-state index is -3.60. The Balaban J connectivity index is 1.70. The lowest BCUT2D eigenvalue weighted by atomic mass is 9.76. The summed E-state index contributed by atoms with van der Waals surface area (Å²) >= 11 is 0. The van der Waals surface area contributed by atoms with Crippen molar-refractivity contribution in [2.75, 3.05) is 12.3 Å². The van der Waals surface area contributed by atoms with Crippen LogP contribution in [-0.2, 0) is 10.0 Å². The molecule has 2 heterocycles. The number of aromatic nitrogens is 2. The lowest BCUT2D eigenvalue weighted by Crippen LogP contribution is -2.59.